The number of para-hydroxylation sites is 1. The van der Waals surface area contributed by atoms with Crippen molar-refractivity contribution in [3.63, 3.8) is 0 Å². The second kappa shape index (κ2) is 9.69. The van der Waals surface area contributed by atoms with Crippen molar-refractivity contribution in [2.24, 2.45) is 12.0 Å². The summed E-state index contributed by atoms with van der Waals surface area (Å²) in [5.41, 5.74) is 4.42. The Kier molecular flexibility index (Phi) is 7.03. The number of aromatic nitrogens is 2. The highest BCUT2D eigenvalue weighted by atomic mass is 16.5. The largest absolute Gasteiger partial charge is 0.490 e. The van der Waals surface area contributed by atoms with E-state index in [0.717, 1.165) is 47.0 Å². The van der Waals surface area contributed by atoms with Crippen molar-refractivity contribution in [3.05, 3.63) is 47.0 Å². The molecule has 162 valence electrons. The second-order valence-electron chi connectivity index (χ2n) is 7.25. The molecule has 0 amide bonds. The smallest absolute Gasteiger partial charge is 0.191 e. The lowest BCUT2D eigenvalue weighted by atomic mass is 10.1. The molecule has 7 heteroatoms. The van der Waals surface area contributed by atoms with Gasteiger partial charge >= 0.3 is 0 Å². The molecule has 3 rings (SSSR count). The molecule has 1 atom stereocenters. The third kappa shape index (κ3) is 4.45. The van der Waals surface area contributed by atoms with Crippen LogP contribution in [-0.4, -0.2) is 29.4 Å². The van der Waals surface area contributed by atoms with Crippen LogP contribution in [0.2, 0.25) is 0 Å². The van der Waals surface area contributed by atoms with Gasteiger partial charge in [-0.3, -0.25) is 9.67 Å². The maximum atomic E-state index is 6.11. The maximum absolute atomic E-state index is 6.11. The van der Waals surface area contributed by atoms with Gasteiger partial charge in [0, 0.05) is 37.3 Å². The van der Waals surface area contributed by atoms with Crippen LogP contribution in [0, 0.1) is 0 Å². The molecule has 0 aliphatic heterocycles. The number of benzene rings is 1. The zero-order chi connectivity index (χ0) is 21.7. The normalized spacial score (nSPS) is 12.9. The predicted octanol–water partition coefficient (Wildman–Crippen LogP) is 4.12. The van der Waals surface area contributed by atoms with Gasteiger partial charge in [-0.1, -0.05) is 26.0 Å². The fourth-order valence-electron chi connectivity index (χ4n) is 3.78. The van der Waals surface area contributed by atoms with Crippen LogP contribution in [0.3, 0.4) is 0 Å². The number of aliphatic imine (C=N–C) groups is 1. The number of nitrogens with one attached hydrogen (secondary N) is 2. The highest BCUT2D eigenvalue weighted by molar-refractivity contribution is 5.84. The lowest BCUT2D eigenvalue weighted by molar-refractivity contribution is 0.336. The summed E-state index contributed by atoms with van der Waals surface area (Å²) in [7, 11) is 3.79. The molecule has 0 aliphatic carbocycles. The Hall–Kier alpha value is -2.96. The van der Waals surface area contributed by atoms with Gasteiger partial charge in [-0.2, -0.15) is 5.10 Å². The fourth-order valence-corrected chi connectivity index (χ4v) is 3.78. The zero-order valence-electron chi connectivity index (χ0n) is 18.9. The van der Waals surface area contributed by atoms with Crippen LogP contribution in [0.1, 0.15) is 56.4 Å². The minimum absolute atomic E-state index is 0.0525. The Morgan fingerprint density at radius 2 is 2.07 bits per heavy atom. The molecule has 0 spiro atoms. The highest BCUT2D eigenvalue weighted by Crippen LogP contribution is 2.31. The van der Waals surface area contributed by atoms with E-state index >= 15 is 0 Å². The molecule has 1 unspecified atom stereocenters. The summed E-state index contributed by atoms with van der Waals surface area (Å²) in [5, 5.41) is 12.5. The van der Waals surface area contributed by atoms with Crippen LogP contribution in [-0.2, 0) is 26.4 Å². The van der Waals surface area contributed by atoms with E-state index in [0.29, 0.717) is 13.2 Å². The van der Waals surface area contributed by atoms with Crippen molar-refractivity contribution in [2.45, 2.75) is 53.1 Å². The Morgan fingerprint density at radius 3 is 2.73 bits per heavy atom. The molecule has 30 heavy (non-hydrogen) atoms. The molecular weight excluding hydrogens is 378 g/mol. The van der Waals surface area contributed by atoms with E-state index in [2.05, 4.69) is 41.5 Å². The van der Waals surface area contributed by atoms with E-state index in [1.807, 2.05) is 42.9 Å². The summed E-state index contributed by atoms with van der Waals surface area (Å²) in [5.74, 6) is 2.33. The lowest BCUT2D eigenvalue weighted by Crippen LogP contribution is -2.38. The van der Waals surface area contributed by atoms with Crippen LogP contribution >= 0.6 is 0 Å². The monoisotopic (exact) mass is 411 g/mol. The summed E-state index contributed by atoms with van der Waals surface area (Å²) < 4.78 is 13.8. The number of aryl methyl sites for hydroxylation is 2. The SMILES string of the molecule is CCOc1cccc2cc(C(C)NC(=NC)NCc3c(CC)nn(C)c3CC)oc12. The molecule has 0 aliphatic rings. The van der Waals surface area contributed by atoms with Crippen molar-refractivity contribution in [1.82, 2.24) is 20.4 Å². The lowest BCUT2D eigenvalue weighted by Gasteiger charge is -2.17. The molecule has 1 aromatic carbocycles. The minimum Gasteiger partial charge on any atom is -0.490 e. The van der Waals surface area contributed by atoms with Gasteiger partial charge in [-0.25, -0.2) is 0 Å². The first-order chi connectivity index (χ1) is 14.5. The Morgan fingerprint density at radius 1 is 1.27 bits per heavy atom. The number of fused-ring (bicyclic) bond motifs is 1. The van der Waals surface area contributed by atoms with Gasteiger partial charge < -0.3 is 19.8 Å². The van der Waals surface area contributed by atoms with Gasteiger partial charge in [0.2, 0.25) is 0 Å². The number of hydrogen-bond donors (Lipinski definition) is 2. The third-order valence-corrected chi connectivity index (χ3v) is 5.29. The van der Waals surface area contributed by atoms with Crippen molar-refractivity contribution in [3.8, 4) is 5.75 Å². The van der Waals surface area contributed by atoms with Crippen molar-refractivity contribution >= 4 is 16.9 Å². The first-order valence-electron chi connectivity index (χ1n) is 10.7. The summed E-state index contributed by atoms with van der Waals surface area (Å²) in [4.78, 5) is 4.39. The molecule has 2 aromatic heterocycles. The molecule has 0 saturated heterocycles. The number of rotatable bonds is 8. The van der Waals surface area contributed by atoms with Crippen LogP contribution in [0.4, 0.5) is 0 Å². The minimum atomic E-state index is -0.0525. The molecule has 0 radical (unpaired) electrons. The fraction of sp³-hybridized carbons (Fsp3) is 0.478. The van der Waals surface area contributed by atoms with Gasteiger partial charge in [0.15, 0.2) is 17.3 Å². The highest BCUT2D eigenvalue weighted by Gasteiger charge is 2.17. The number of ether oxygens (including phenoxy) is 1. The number of guanidine groups is 1. The quantitative estimate of drug-likeness (QED) is 0.431. The Bertz CT molecular complexity index is 1020. The van der Waals surface area contributed by atoms with Gasteiger partial charge in [-0.05, 0) is 38.8 Å². The van der Waals surface area contributed by atoms with E-state index in [-0.39, 0.29) is 6.04 Å². The maximum Gasteiger partial charge on any atom is 0.191 e. The van der Waals surface area contributed by atoms with Crippen LogP contribution in [0.5, 0.6) is 5.75 Å². The predicted molar refractivity (Wildman–Crippen MR) is 121 cm³/mol. The van der Waals surface area contributed by atoms with Crippen molar-refractivity contribution in [2.75, 3.05) is 13.7 Å². The molecule has 2 heterocycles. The summed E-state index contributed by atoms with van der Waals surface area (Å²) >= 11 is 0. The summed E-state index contributed by atoms with van der Waals surface area (Å²) in [6.07, 6.45) is 1.86. The molecule has 0 saturated carbocycles. The number of hydrogen-bond acceptors (Lipinski definition) is 4. The van der Waals surface area contributed by atoms with E-state index in [4.69, 9.17) is 9.15 Å². The molecule has 0 bridgehead atoms. The van der Waals surface area contributed by atoms with Gasteiger partial charge in [-0.15, -0.1) is 0 Å². The first-order valence-corrected chi connectivity index (χ1v) is 10.7. The van der Waals surface area contributed by atoms with E-state index in [1.165, 1.54) is 11.3 Å². The third-order valence-electron chi connectivity index (χ3n) is 5.29. The number of furan rings is 1. The van der Waals surface area contributed by atoms with Gasteiger partial charge in [0.1, 0.15) is 5.76 Å². The van der Waals surface area contributed by atoms with Crippen molar-refractivity contribution < 1.29 is 9.15 Å². The van der Waals surface area contributed by atoms with E-state index in [9.17, 15) is 0 Å². The van der Waals surface area contributed by atoms with E-state index in [1.54, 1.807) is 7.05 Å². The molecule has 3 aromatic rings. The Labute approximate surface area is 178 Å². The van der Waals surface area contributed by atoms with E-state index < -0.39 is 0 Å². The first kappa shape index (κ1) is 21.7. The molecule has 7 nitrogen and oxygen atoms in total. The van der Waals surface area contributed by atoms with Crippen LogP contribution in [0.15, 0.2) is 33.7 Å². The summed E-state index contributed by atoms with van der Waals surface area (Å²) in [6.45, 7) is 9.61. The van der Waals surface area contributed by atoms with Gasteiger partial charge in [0.05, 0.1) is 18.3 Å². The average molecular weight is 412 g/mol. The molecule has 0 fully saturated rings. The zero-order valence-corrected chi connectivity index (χ0v) is 18.9. The molecular formula is C23H33N5O2. The Balaban J connectivity index is 1.72. The van der Waals surface area contributed by atoms with Crippen molar-refractivity contribution in [1.29, 1.82) is 0 Å². The second-order valence-corrected chi connectivity index (χ2v) is 7.25. The summed E-state index contributed by atoms with van der Waals surface area (Å²) in [6, 6.07) is 7.95. The molecule has 2 N–H and O–H groups in total. The van der Waals surface area contributed by atoms with Gasteiger partial charge in [0.25, 0.3) is 0 Å². The van der Waals surface area contributed by atoms with Crippen LogP contribution in [0.25, 0.3) is 11.0 Å². The number of nitrogens with zero attached hydrogens (tertiary/aromatic N) is 3. The average Bonchev–Trinajstić information content (AvgIpc) is 3.32. The standard InChI is InChI=1S/C23H33N5O2/c1-7-18-17(19(8-2)28(6)27-18)14-25-23(24-5)26-15(4)21-13-16-11-10-12-20(29-9-3)22(16)30-21/h10-13,15H,7-9,14H2,1-6H3,(H2,24,25,26). The van der Waals surface area contributed by atoms with Crippen LogP contribution < -0.4 is 15.4 Å². The topological polar surface area (TPSA) is 76.6 Å².